The minimum Gasteiger partial charge on any atom is -0.492 e. The summed E-state index contributed by atoms with van der Waals surface area (Å²) in [4.78, 5) is 0. The molecule has 1 aromatic rings. The molecule has 2 atom stereocenters. The minimum absolute atomic E-state index is 0.499. The maximum absolute atomic E-state index is 5.68. The normalized spacial score (nSPS) is 20.9. The number of hydrogen-bond donors (Lipinski definition) is 1. The van der Waals surface area contributed by atoms with Crippen LogP contribution in [0.4, 0.5) is 0 Å². The van der Waals surface area contributed by atoms with Gasteiger partial charge in [-0.2, -0.15) is 0 Å². The molecule has 2 rings (SSSR count). The molecule has 0 bridgehead atoms. The zero-order valence-electron chi connectivity index (χ0n) is 10.7. The van der Waals surface area contributed by atoms with Crippen LogP contribution in [-0.4, -0.2) is 32.4 Å². The third-order valence-electron chi connectivity index (χ3n) is 3.31. The summed E-state index contributed by atoms with van der Waals surface area (Å²) in [6, 6.07) is 8.42. The van der Waals surface area contributed by atoms with E-state index in [1.807, 2.05) is 24.3 Å². The smallest absolute Gasteiger partial charge is 0.120 e. The van der Waals surface area contributed by atoms with Crippen LogP contribution >= 0.6 is 15.9 Å². The summed E-state index contributed by atoms with van der Waals surface area (Å²) in [7, 11) is 0. The third kappa shape index (κ3) is 4.26. The number of ether oxygens (including phenoxy) is 2. The highest BCUT2D eigenvalue weighted by Crippen LogP contribution is 2.18. The molecule has 1 aliphatic rings. The Morgan fingerprint density at radius 3 is 3.17 bits per heavy atom. The Kier molecular flexibility index (Phi) is 5.47. The van der Waals surface area contributed by atoms with Crippen LogP contribution in [0.15, 0.2) is 28.7 Å². The monoisotopic (exact) mass is 313 g/mol. The third-order valence-corrected chi connectivity index (χ3v) is 3.80. The highest BCUT2D eigenvalue weighted by atomic mass is 79.9. The van der Waals surface area contributed by atoms with Crippen LogP contribution < -0.4 is 10.1 Å². The SMILES string of the molecule is CC(NCCOc1cccc(Br)c1)C1CCOC1. The molecule has 4 heteroatoms. The lowest BCUT2D eigenvalue weighted by Crippen LogP contribution is -2.36. The lowest BCUT2D eigenvalue weighted by Gasteiger charge is -2.19. The molecular weight excluding hydrogens is 294 g/mol. The van der Waals surface area contributed by atoms with Gasteiger partial charge in [-0.05, 0) is 37.5 Å². The number of halogens is 1. The van der Waals surface area contributed by atoms with Crippen molar-refractivity contribution in [3.63, 3.8) is 0 Å². The molecule has 0 aromatic heterocycles. The number of benzene rings is 1. The molecule has 1 aromatic carbocycles. The molecule has 2 unspecified atom stereocenters. The highest BCUT2D eigenvalue weighted by Gasteiger charge is 2.21. The van der Waals surface area contributed by atoms with Gasteiger partial charge in [0, 0.05) is 23.7 Å². The Bertz CT molecular complexity index is 367. The van der Waals surface area contributed by atoms with Crippen LogP contribution in [-0.2, 0) is 4.74 Å². The van der Waals surface area contributed by atoms with Crippen molar-refractivity contribution in [1.82, 2.24) is 5.32 Å². The lowest BCUT2D eigenvalue weighted by molar-refractivity contribution is 0.177. The number of hydrogen-bond acceptors (Lipinski definition) is 3. The van der Waals surface area contributed by atoms with Gasteiger partial charge >= 0.3 is 0 Å². The van der Waals surface area contributed by atoms with E-state index in [4.69, 9.17) is 9.47 Å². The maximum Gasteiger partial charge on any atom is 0.120 e. The van der Waals surface area contributed by atoms with E-state index in [0.29, 0.717) is 18.6 Å². The van der Waals surface area contributed by atoms with Gasteiger partial charge in [-0.1, -0.05) is 22.0 Å². The van der Waals surface area contributed by atoms with Crippen LogP contribution in [0.1, 0.15) is 13.3 Å². The van der Waals surface area contributed by atoms with Gasteiger partial charge in [0.1, 0.15) is 12.4 Å². The highest BCUT2D eigenvalue weighted by molar-refractivity contribution is 9.10. The van der Waals surface area contributed by atoms with Crippen molar-refractivity contribution in [3.05, 3.63) is 28.7 Å². The molecule has 18 heavy (non-hydrogen) atoms. The first-order chi connectivity index (χ1) is 8.75. The van der Waals surface area contributed by atoms with E-state index in [1.54, 1.807) is 0 Å². The summed E-state index contributed by atoms with van der Waals surface area (Å²) in [6.45, 7) is 5.57. The fourth-order valence-electron chi connectivity index (χ4n) is 2.13. The Morgan fingerprint density at radius 1 is 1.56 bits per heavy atom. The van der Waals surface area contributed by atoms with Crippen molar-refractivity contribution in [3.8, 4) is 5.75 Å². The number of rotatable bonds is 6. The van der Waals surface area contributed by atoms with E-state index in [9.17, 15) is 0 Å². The average Bonchev–Trinajstić information content (AvgIpc) is 2.88. The number of nitrogens with one attached hydrogen (secondary N) is 1. The van der Waals surface area contributed by atoms with E-state index >= 15 is 0 Å². The van der Waals surface area contributed by atoms with E-state index < -0.39 is 0 Å². The molecule has 1 saturated heterocycles. The average molecular weight is 314 g/mol. The zero-order valence-corrected chi connectivity index (χ0v) is 12.3. The molecule has 1 aliphatic heterocycles. The summed E-state index contributed by atoms with van der Waals surface area (Å²) in [5, 5.41) is 3.49. The largest absolute Gasteiger partial charge is 0.492 e. The Balaban J connectivity index is 1.63. The van der Waals surface area contributed by atoms with Gasteiger partial charge in [0.2, 0.25) is 0 Å². The summed E-state index contributed by atoms with van der Waals surface area (Å²) in [5.74, 6) is 1.55. The van der Waals surface area contributed by atoms with Crippen LogP contribution in [0.3, 0.4) is 0 Å². The first-order valence-electron chi connectivity index (χ1n) is 6.45. The molecule has 0 spiro atoms. The standard InChI is InChI=1S/C14H20BrNO2/c1-11(12-5-7-17-10-12)16-6-8-18-14-4-2-3-13(15)9-14/h2-4,9,11-12,16H,5-8,10H2,1H3. The molecule has 0 radical (unpaired) electrons. The van der Waals surface area contributed by atoms with Crippen LogP contribution in [0, 0.1) is 5.92 Å². The summed E-state index contributed by atoms with van der Waals surface area (Å²) in [6.07, 6.45) is 1.17. The summed E-state index contributed by atoms with van der Waals surface area (Å²) in [5.41, 5.74) is 0. The van der Waals surface area contributed by atoms with Crippen molar-refractivity contribution in [1.29, 1.82) is 0 Å². The molecular formula is C14H20BrNO2. The van der Waals surface area contributed by atoms with E-state index in [0.717, 1.165) is 30.0 Å². The predicted molar refractivity (Wildman–Crippen MR) is 76.0 cm³/mol. The van der Waals surface area contributed by atoms with E-state index in [2.05, 4.69) is 28.2 Å². The molecule has 100 valence electrons. The molecule has 1 heterocycles. The van der Waals surface area contributed by atoms with Gasteiger partial charge in [-0.25, -0.2) is 0 Å². The molecule has 1 N–H and O–H groups in total. The summed E-state index contributed by atoms with van der Waals surface area (Å²) >= 11 is 3.43. The Morgan fingerprint density at radius 2 is 2.44 bits per heavy atom. The first-order valence-corrected chi connectivity index (χ1v) is 7.24. The van der Waals surface area contributed by atoms with Gasteiger partial charge < -0.3 is 14.8 Å². The second-order valence-corrected chi connectivity index (χ2v) is 5.59. The molecule has 3 nitrogen and oxygen atoms in total. The topological polar surface area (TPSA) is 30.5 Å². The van der Waals surface area contributed by atoms with Gasteiger partial charge in [0.15, 0.2) is 0 Å². The van der Waals surface area contributed by atoms with Gasteiger partial charge in [-0.3, -0.25) is 0 Å². The van der Waals surface area contributed by atoms with Crippen LogP contribution in [0.25, 0.3) is 0 Å². The maximum atomic E-state index is 5.68. The fourth-order valence-corrected chi connectivity index (χ4v) is 2.50. The van der Waals surface area contributed by atoms with Crippen molar-refractivity contribution in [2.24, 2.45) is 5.92 Å². The van der Waals surface area contributed by atoms with Gasteiger partial charge in [0.05, 0.1) is 6.61 Å². The van der Waals surface area contributed by atoms with Gasteiger partial charge in [0.25, 0.3) is 0 Å². The second kappa shape index (κ2) is 7.12. The fraction of sp³-hybridized carbons (Fsp3) is 0.571. The lowest BCUT2D eigenvalue weighted by atomic mass is 10.0. The van der Waals surface area contributed by atoms with E-state index in [1.165, 1.54) is 6.42 Å². The van der Waals surface area contributed by atoms with Crippen molar-refractivity contribution >= 4 is 15.9 Å². The second-order valence-electron chi connectivity index (χ2n) is 4.67. The zero-order chi connectivity index (χ0) is 12.8. The van der Waals surface area contributed by atoms with Gasteiger partial charge in [-0.15, -0.1) is 0 Å². The predicted octanol–water partition coefficient (Wildman–Crippen LogP) is 2.84. The molecule has 1 fully saturated rings. The molecule has 0 saturated carbocycles. The van der Waals surface area contributed by atoms with Crippen molar-refractivity contribution < 1.29 is 9.47 Å². The van der Waals surface area contributed by atoms with Crippen molar-refractivity contribution in [2.75, 3.05) is 26.4 Å². The minimum atomic E-state index is 0.499. The van der Waals surface area contributed by atoms with E-state index in [-0.39, 0.29) is 0 Å². The molecule has 0 aliphatic carbocycles. The molecule has 0 amide bonds. The van der Waals surface area contributed by atoms with Crippen LogP contribution in [0.5, 0.6) is 5.75 Å². The van der Waals surface area contributed by atoms with Crippen LogP contribution in [0.2, 0.25) is 0 Å². The summed E-state index contributed by atoms with van der Waals surface area (Å²) < 4.78 is 12.1. The quantitative estimate of drug-likeness (QED) is 0.819. The Labute approximate surface area is 117 Å². The Hall–Kier alpha value is -0.580. The van der Waals surface area contributed by atoms with Crippen molar-refractivity contribution in [2.45, 2.75) is 19.4 Å². The first kappa shape index (κ1) is 13.8.